The number of rotatable bonds is 4. The molecule has 2 aromatic rings. The van der Waals surface area contributed by atoms with Crippen LogP contribution < -0.4 is 5.32 Å². The summed E-state index contributed by atoms with van der Waals surface area (Å²) in [6.07, 6.45) is 0. The van der Waals surface area contributed by atoms with E-state index >= 15 is 0 Å². The molecule has 0 aliphatic heterocycles. The van der Waals surface area contributed by atoms with Crippen LogP contribution in [0.1, 0.15) is 22.5 Å². The second-order valence-electron chi connectivity index (χ2n) is 4.14. The van der Waals surface area contributed by atoms with Crippen molar-refractivity contribution in [1.82, 2.24) is 15.2 Å². The Labute approximate surface area is 106 Å². The maximum atomic E-state index is 9.06. The molecule has 1 aromatic carbocycles. The average Bonchev–Trinajstić information content (AvgIpc) is 2.40. The molecule has 0 spiro atoms. The molecule has 2 rings (SSSR count). The van der Waals surface area contributed by atoms with Gasteiger partial charge in [-0.2, -0.15) is 5.10 Å². The highest BCUT2D eigenvalue weighted by atomic mass is 16.3. The van der Waals surface area contributed by atoms with E-state index in [1.807, 2.05) is 38.1 Å². The van der Waals surface area contributed by atoms with E-state index in [0.29, 0.717) is 12.5 Å². The minimum atomic E-state index is 0.0511. The summed E-state index contributed by atoms with van der Waals surface area (Å²) in [4.78, 5) is 4.30. The topological polar surface area (TPSA) is 70.9 Å². The van der Waals surface area contributed by atoms with E-state index in [-0.39, 0.29) is 6.61 Å². The summed E-state index contributed by atoms with van der Waals surface area (Å²) in [7, 11) is 0. The lowest BCUT2D eigenvalue weighted by Crippen LogP contribution is -2.07. The number of hydrogen-bond acceptors (Lipinski definition) is 5. The molecule has 1 aromatic heterocycles. The molecule has 18 heavy (non-hydrogen) atoms. The van der Waals surface area contributed by atoms with Crippen LogP contribution in [0.2, 0.25) is 0 Å². The third kappa shape index (κ3) is 3.01. The van der Waals surface area contributed by atoms with Crippen LogP contribution in [0.25, 0.3) is 0 Å². The van der Waals surface area contributed by atoms with Crippen LogP contribution in [-0.4, -0.2) is 20.3 Å². The first-order valence-electron chi connectivity index (χ1n) is 5.79. The van der Waals surface area contributed by atoms with Gasteiger partial charge in [0.1, 0.15) is 0 Å². The molecule has 0 bridgehead atoms. The number of hydrogen-bond donors (Lipinski definition) is 2. The highest BCUT2D eigenvalue weighted by molar-refractivity contribution is 5.29. The van der Waals surface area contributed by atoms with E-state index in [1.165, 1.54) is 0 Å². The van der Waals surface area contributed by atoms with Crippen molar-refractivity contribution >= 4 is 5.95 Å². The molecule has 94 valence electrons. The lowest BCUT2D eigenvalue weighted by Gasteiger charge is -2.06. The second kappa shape index (κ2) is 5.55. The van der Waals surface area contributed by atoms with E-state index in [4.69, 9.17) is 5.11 Å². The first-order chi connectivity index (χ1) is 8.69. The Bertz CT molecular complexity index is 542. The molecule has 0 unspecified atom stereocenters. The maximum absolute atomic E-state index is 9.06. The highest BCUT2D eigenvalue weighted by Crippen LogP contribution is 2.08. The normalized spacial score (nSPS) is 10.4. The summed E-state index contributed by atoms with van der Waals surface area (Å²) in [6, 6.07) is 7.74. The monoisotopic (exact) mass is 244 g/mol. The SMILES string of the molecule is Cc1nnc(NCc2cccc(CO)c2)nc1C. The standard InChI is InChI=1S/C13H16N4O/c1-9-10(2)16-17-13(15-9)14-7-11-4-3-5-12(6-11)8-18/h3-6,18H,7-8H2,1-2H3,(H,14,15,17). The molecule has 0 saturated carbocycles. The van der Waals surface area contributed by atoms with E-state index in [2.05, 4.69) is 20.5 Å². The molecular weight excluding hydrogens is 228 g/mol. The number of aliphatic hydroxyl groups is 1. The number of aryl methyl sites for hydroxylation is 2. The summed E-state index contributed by atoms with van der Waals surface area (Å²) < 4.78 is 0. The fraction of sp³-hybridized carbons (Fsp3) is 0.308. The maximum Gasteiger partial charge on any atom is 0.243 e. The molecular formula is C13H16N4O. The fourth-order valence-corrected chi connectivity index (χ4v) is 1.55. The summed E-state index contributed by atoms with van der Waals surface area (Å²) in [5, 5.41) is 20.2. The minimum Gasteiger partial charge on any atom is -0.392 e. The molecule has 0 aliphatic rings. The van der Waals surface area contributed by atoms with Gasteiger partial charge in [-0.05, 0) is 25.0 Å². The van der Waals surface area contributed by atoms with E-state index in [1.54, 1.807) is 0 Å². The molecule has 2 N–H and O–H groups in total. The third-order valence-electron chi connectivity index (χ3n) is 2.72. The molecule has 0 aliphatic carbocycles. The molecule has 5 nitrogen and oxygen atoms in total. The van der Waals surface area contributed by atoms with Gasteiger partial charge in [-0.3, -0.25) is 0 Å². The van der Waals surface area contributed by atoms with Crippen LogP contribution in [0.3, 0.4) is 0 Å². The molecule has 0 saturated heterocycles. The summed E-state index contributed by atoms with van der Waals surface area (Å²) in [6.45, 7) is 4.44. The van der Waals surface area contributed by atoms with E-state index in [9.17, 15) is 0 Å². The van der Waals surface area contributed by atoms with Crippen LogP contribution in [-0.2, 0) is 13.2 Å². The van der Waals surface area contributed by atoms with Gasteiger partial charge in [-0.25, -0.2) is 4.98 Å². The van der Waals surface area contributed by atoms with Gasteiger partial charge in [-0.1, -0.05) is 24.3 Å². The van der Waals surface area contributed by atoms with Gasteiger partial charge in [0, 0.05) is 6.54 Å². The highest BCUT2D eigenvalue weighted by Gasteiger charge is 2.01. The first-order valence-corrected chi connectivity index (χ1v) is 5.79. The van der Waals surface area contributed by atoms with Gasteiger partial charge in [-0.15, -0.1) is 5.10 Å². The van der Waals surface area contributed by atoms with Crippen LogP contribution in [0.5, 0.6) is 0 Å². The Morgan fingerprint density at radius 3 is 2.61 bits per heavy atom. The van der Waals surface area contributed by atoms with Gasteiger partial charge in [0.15, 0.2) is 0 Å². The lowest BCUT2D eigenvalue weighted by atomic mass is 10.1. The summed E-state index contributed by atoms with van der Waals surface area (Å²) in [5.74, 6) is 0.521. The molecule has 0 fully saturated rings. The Hall–Kier alpha value is -2.01. The van der Waals surface area contributed by atoms with Crippen molar-refractivity contribution in [2.75, 3.05) is 5.32 Å². The molecule has 0 amide bonds. The lowest BCUT2D eigenvalue weighted by molar-refractivity contribution is 0.281. The number of anilines is 1. The molecule has 1 heterocycles. The summed E-state index contributed by atoms with van der Waals surface area (Å²) >= 11 is 0. The number of nitrogens with zero attached hydrogens (tertiary/aromatic N) is 3. The first kappa shape index (κ1) is 12.4. The van der Waals surface area contributed by atoms with Crippen molar-refractivity contribution in [3.05, 3.63) is 46.8 Å². The van der Waals surface area contributed by atoms with E-state index < -0.39 is 0 Å². The van der Waals surface area contributed by atoms with Crippen LogP contribution in [0.4, 0.5) is 5.95 Å². The van der Waals surface area contributed by atoms with Crippen LogP contribution >= 0.6 is 0 Å². The average molecular weight is 244 g/mol. The zero-order valence-electron chi connectivity index (χ0n) is 10.5. The Balaban J connectivity index is 2.04. The van der Waals surface area contributed by atoms with Crippen molar-refractivity contribution in [2.45, 2.75) is 27.0 Å². The Morgan fingerprint density at radius 1 is 1.11 bits per heavy atom. The smallest absolute Gasteiger partial charge is 0.243 e. The predicted octanol–water partition coefficient (Wildman–Crippen LogP) is 1.59. The minimum absolute atomic E-state index is 0.0511. The van der Waals surface area contributed by atoms with Crippen LogP contribution in [0, 0.1) is 13.8 Å². The van der Waals surface area contributed by atoms with Crippen molar-refractivity contribution in [2.24, 2.45) is 0 Å². The van der Waals surface area contributed by atoms with Crippen molar-refractivity contribution < 1.29 is 5.11 Å². The van der Waals surface area contributed by atoms with Crippen molar-refractivity contribution in [1.29, 1.82) is 0 Å². The molecule has 5 heteroatoms. The number of benzene rings is 1. The largest absolute Gasteiger partial charge is 0.392 e. The fourth-order valence-electron chi connectivity index (χ4n) is 1.55. The Morgan fingerprint density at radius 2 is 1.89 bits per heavy atom. The van der Waals surface area contributed by atoms with Gasteiger partial charge in [0.05, 0.1) is 18.0 Å². The van der Waals surface area contributed by atoms with Gasteiger partial charge in [0.2, 0.25) is 5.95 Å². The number of nitrogens with one attached hydrogen (secondary N) is 1. The van der Waals surface area contributed by atoms with Crippen molar-refractivity contribution in [3.8, 4) is 0 Å². The molecule has 0 radical (unpaired) electrons. The van der Waals surface area contributed by atoms with Gasteiger partial charge in [0.25, 0.3) is 0 Å². The zero-order valence-corrected chi connectivity index (χ0v) is 10.5. The second-order valence-corrected chi connectivity index (χ2v) is 4.14. The zero-order chi connectivity index (χ0) is 13.0. The van der Waals surface area contributed by atoms with Crippen molar-refractivity contribution in [3.63, 3.8) is 0 Å². The van der Waals surface area contributed by atoms with E-state index in [0.717, 1.165) is 22.5 Å². The third-order valence-corrected chi connectivity index (χ3v) is 2.72. The van der Waals surface area contributed by atoms with Crippen LogP contribution in [0.15, 0.2) is 24.3 Å². The number of aliphatic hydroxyl groups excluding tert-OH is 1. The van der Waals surface area contributed by atoms with Gasteiger partial charge >= 0.3 is 0 Å². The number of aromatic nitrogens is 3. The Kier molecular flexibility index (Phi) is 3.84. The predicted molar refractivity (Wildman–Crippen MR) is 69.0 cm³/mol. The quantitative estimate of drug-likeness (QED) is 0.854. The molecule has 0 atom stereocenters. The van der Waals surface area contributed by atoms with Gasteiger partial charge < -0.3 is 10.4 Å². The summed E-state index contributed by atoms with van der Waals surface area (Å²) in [5.41, 5.74) is 3.68.